The molecule has 1 saturated heterocycles. The van der Waals surface area contributed by atoms with Gasteiger partial charge in [-0.3, -0.25) is 10.2 Å². The minimum absolute atomic E-state index is 0.0176. The number of amidine groups is 1. The summed E-state index contributed by atoms with van der Waals surface area (Å²) >= 11 is 0. The Bertz CT molecular complexity index is 1410. The van der Waals surface area contributed by atoms with Gasteiger partial charge in [-0.25, -0.2) is 9.97 Å². The second kappa shape index (κ2) is 16.6. The number of Topliss-reactive ketones (excluding diaryl/α,β-unsaturated/α-hetero) is 1. The van der Waals surface area contributed by atoms with Crippen LogP contribution in [0.15, 0.2) is 39.1 Å². The van der Waals surface area contributed by atoms with Crippen molar-refractivity contribution in [2.75, 3.05) is 44.9 Å². The van der Waals surface area contributed by atoms with Crippen LogP contribution in [0.1, 0.15) is 95.1 Å². The van der Waals surface area contributed by atoms with Gasteiger partial charge in [0.2, 0.25) is 11.8 Å². The van der Waals surface area contributed by atoms with Crippen LogP contribution in [-0.4, -0.2) is 78.1 Å². The number of rotatable bonds is 12. The number of carbonyl (C=O) groups excluding carboxylic acids is 1. The zero-order valence-electron chi connectivity index (χ0n) is 27.8. The Morgan fingerprint density at radius 2 is 2.09 bits per heavy atom. The fourth-order valence-corrected chi connectivity index (χ4v) is 6.70. The summed E-state index contributed by atoms with van der Waals surface area (Å²) in [4.78, 5) is 29.0. The molecule has 1 unspecified atom stereocenters. The fourth-order valence-electron chi connectivity index (χ4n) is 6.70. The number of terminal acetylenes is 1. The van der Waals surface area contributed by atoms with Crippen LogP contribution in [0.5, 0.6) is 0 Å². The quantitative estimate of drug-likeness (QED) is 0.139. The Labute approximate surface area is 273 Å². The van der Waals surface area contributed by atoms with Gasteiger partial charge in [0, 0.05) is 43.0 Å². The maximum Gasteiger partial charge on any atom is 0.226 e. The number of ketones is 1. The number of carbonyl (C=O) groups is 1. The van der Waals surface area contributed by atoms with Gasteiger partial charge in [0.05, 0.1) is 31.2 Å². The average molecular weight is 632 g/mol. The minimum atomic E-state index is -0.406. The first kappa shape index (κ1) is 35.0. The van der Waals surface area contributed by atoms with Crippen LogP contribution < -0.4 is 10.2 Å². The fraction of sp³-hybridized carbons (Fsp3) is 0.600. The molecule has 3 aliphatic rings. The maximum absolute atomic E-state index is 12.8. The Hall–Kier alpha value is -3.88. The summed E-state index contributed by atoms with van der Waals surface area (Å²) < 4.78 is 18.3. The third-order valence-electron chi connectivity index (χ3n) is 9.29. The topological polar surface area (TPSA) is 139 Å². The summed E-state index contributed by atoms with van der Waals surface area (Å²) in [5.74, 6) is 1.84. The highest BCUT2D eigenvalue weighted by Crippen LogP contribution is 2.43. The van der Waals surface area contributed by atoms with E-state index in [0.29, 0.717) is 68.4 Å². The van der Waals surface area contributed by atoms with Crippen molar-refractivity contribution >= 4 is 23.5 Å². The zero-order valence-corrected chi connectivity index (χ0v) is 27.8. The first-order valence-electron chi connectivity index (χ1n) is 16.5. The summed E-state index contributed by atoms with van der Waals surface area (Å²) in [6.45, 7) is 9.44. The van der Waals surface area contributed by atoms with Gasteiger partial charge in [0.25, 0.3) is 0 Å². The summed E-state index contributed by atoms with van der Waals surface area (Å²) in [5.41, 5.74) is 2.81. The largest absolute Gasteiger partial charge is 0.477 e. The van der Waals surface area contributed by atoms with Crippen LogP contribution >= 0.6 is 0 Å². The number of hydrogen-bond acceptors (Lipinski definition) is 10. The van der Waals surface area contributed by atoms with E-state index in [0.717, 1.165) is 68.2 Å². The Morgan fingerprint density at radius 3 is 2.76 bits per heavy atom. The lowest BCUT2D eigenvalue weighted by molar-refractivity contribution is -0.122. The minimum Gasteiger partial charge on any atom is -0.477 e. The summed E-state index contributed by atoms with van der Waals surface area (Å²) in [6, 6.07) is 1.81. The third kappa shape index (κ3) is 7.56. The van der Waals surface area contributed by atoms with Gasteiger partial charge in [0.15, 0.2) is 17.3 Å². The summed E-state index contributed by atoms with van der Waals surface area (Å²) in [5, 5.41) is 16.7. The number of aromatic nitrogens is 3. The molecular formula is C35H49N7O4. The van der Waals surface area contributed by atoms with Gasteiger partial charge in [-0.05, 0) is 70.2 Å². The van der Waals surface area contributed by atoms with E-state index in [1.165, 1.54) is 0 Å². The first-order valence-corrected chi connectivity index (χ1v) is 16.5. The molecule has 4 heterocycles. The van der Waals surface area contributed by atoms with E-state index in [1.807, 2.05) is 13.1 Å². The number of anilines is 1. The SMILES string of the molecule is C#C.CCCc1c(C(=N)N=C(OC[C@@H](C)CCCNC)C2=C(C)C3(CCOC3)N(c3ncccn3)C2)noc1[C@H]1CCCCC1=O. The lowest BCUT2D eigenvalue weighted by Gasteiger charge is -2.35. The molecule has 1 saturated carbocycles. The van der Waals surface area contributed by atoms with Crippen molar-refractivity contribution in [3.05, 3.63) is 46.6 Å². The van der Waals surface area contributed by atoms with Crippen molar-refractivity contribution in [1.29, 1.82) is 5.41 Å². The Balaban J connectivity index is 0.00000235. The van der Waals surface area contributed by atoms with Crippen molar-refractivity contribution in [2.45, 2.75) is 90.0 Å². The second-order valence-electron chi connectivity index (χ2n) is 12.4. The predicted octanol–water partition coefficient (Wildman–Crippen LogP) is 5.27. The van der Waals surface area contributed by atoms with E-state index >= 15 is 0 Å². The molecule has 11 heteroatoms. The van der Waals surface area contributed by atoms with Crippen molar-refractivity contribution in [3.8, 4) is 12.8 Å². The third-order valence-corrected chi connectivity index (χ3v) is 9.29. The van der Waals surface area contributed by atoms with E-state index in [2.05, 4.69) is 59.0 Å². The van der Waals surface area contributed by atoms with E-state index in [9.17, 15) is 4.79 Å². The van der Waals surface area contributed by atoms with E-state index in [-0.39, 0.29) is 17.5 Å². The lowest BCUT2D eigenvalue weighted by atomic mass is 9.84. The molecule has 0 bridgehead atoms. The number of ether oxygens (including phenoxy) is 2. The smallest absolute Gasteiger partial charge is 0.226 e. The van der Waals surface area contributed by atoms with Crippen LogP contribution in [-0.2, 0) is 20.7 Å². The molecule has 0 amide bonds. The molecule has 2 aromatic rings. The van der Waals surface area contributed by atoms with Gasteiger partial charge in [-0.2, -0.15) is 4.99 Å². The average Bonchev–Trinajstić information content (AvgIpc) is 3.80. The van der Waals surface area contributed by atoms with Gasteiger partial charge < -0.3 is 24.2 Å². The van der Waals surface area contributed by atoms with Crippen LogP contribution in [0.25, 0.3) is 0 Å². The molecule has 5 rings (SSSR count). The molecule has 0 aromatic carbocycles. The maximum atomic E-state index is 12.8. The number of aliphatic imine (C=N–C) groups is 1. The van der Waals surface area contributed by atoms with Crippen LogP contribution in [0.4, 0.5) is 5.95 Å². The highest BCUT2D eigenvalue weighted by atomic mass is 16.5. The highest BCUT2D eigenvalue weighted by molar-refractivity contribution is 6.09. The van der Waals surface area contributed by atoms with E-state index in [1.54, 1.807) is 12.4 Å². The van der Waals surface area contributed by atoms with Crippen LogP contribution in [0.2, 0.25) is 0 Å². The van der Waals surface area contributed by atoms with E-state index < -0.39 is 5.54 Å². The molecule has 2 N–H and O–H groups in total. The van der Waals surface area contributed by atoms with Gasteiger partial charge in [-0.15, -0.1) is 12.8 Å². The molecule has 2 aromatic heterocycles. The molecule has 1 aliphatic carbocycles. The molecule has 0 radical (unpaired) electrons. The van der Waals surface area contributed by atoms with Crippen LogP contribution in [0, 0.1) is 24.2 Å². The molecule has 248 valence electrons. The standard InChI is InChI=1S/C33H47N7O4.C2H2/c1-5-10-25-28(39-44-29(25)24-12-6-7-13-27(24)41)30(34)38-31(43-20-22(2)11-8-15-35-4)26-19-40(32-36-16-9-17-37-32)33(23(26)3)14-18-42-21-33;1-2/h9,16-17,22,24,34-35H,5-8,10-15,18-21H2,1-4H3;1-2H/t22-,24-,33?;/m0./s1. The van der Waals surface area contributed by atoms with Gasteiger partial charge >= 0.3 is 0 Å². The molecule has 2 aliphatic heterocycles. The normalized spacial score (nSPS) is 22.2. The zero-order chi connectivity index (χ0) is 33.1. The molecular weight excluding hydrogens is 582 g/mol. The Morgan fingerprint density at radius 1 is 1.30 bits per heavy atom. The lowest BCUT2D eigenvalue weighted by Crippen LogP contribution is -2.47. The monoisotopic (exact) mass is 631 g/mol. The second-order valence-corrected chi connectivity index (χ2v) is 12.4. The summed E-state index contributed by atoms with van der Waals surface area (Å²) in [6.07, 6.45) is 19.1. The van der Waals surface area contributed by atoms with Crippen molar-refractivity contribution < 1.29 is 18.8 Å². The molecule has 1 spiro atoms. The summed E-state index contributed by atoms with van der Waals surface area (Å²) in [7, 11) is 1.96. The molecule has 46 heavy (non-hydrogen) atoms. The highest BCUT2D eigenvalue weighted by Gasteiger charge is 2.50. The molecule has 11 nitrogen and oxygen atoms in total. The van der Waals surface area contributed by atoms with Gasteiger partial charge in [0.1, 0.15) is 5.78 Å². The van der Waals surface area contributed by atoms with Crippen molar-refractivity contribution in [1.82, 2.24) is 20.4 Å². The van der Waals surface area contributed by atoms with Gasteiger partial charge in [-0.1, -0.05) is 31.8 Å². The Kier molecular flexibility index (Phi) is 12.6. The van der Waals surface area contributed by atoms with Crippen molar-refractivity contribution in [3.63, 3.8) is 0 Å². The van der Waals surface area contributed by atoms with Crippen molar-refractivity contribution in [2.24, 2.45) is 10.9 Å². The number of nitrogens with zero attached hydrogens (tertiary/aromatic N) is 5. The first-order chi connectivity index (χ1) is 22.4. The molecule has 3 atom stereocenters. The van der Waals surface area contributed by atoms with E-state index in [4.69, 9.17) is 24.4 Å². The predicted molar refractivity (Wildman–Crippen MR) is 179 cm³/mol. The molecule has 2 fully saturated rings. The number of hydrogen-bond donors (Lipinski definition) is 2. The van der Waals surface area contributed by atoms with Crippen LogP contribution in [0.3, 0.4) is 0 Å². The number of nitrogens with one attached hydrogen (secondary N) is 2.